The minimum atomic E-state index is -0.996. The fraction of sp³-hybridized carbons (Fsp3) is 0.667. The summed E-state index contributed by atoms with van der Waals surface area (Å²) in [4.78, 5) is 46.1. The SMILES string of the molecule is CCN(C)C(=O)C(C)NC(=O)NC(=O)CCCC(=O)O. The van der Waals surface area contributed by atoms with Crippen molar-refractivity contribution in [3.8, 4) is 0 Å². The van der Waals surface area contributed by atoms with Crippen molar-refractivity contribution in [2.24, 2.45) is 0 Å². The molecule has 0 radical (unpaired) electrons. The lowest BCUT2D eigenvalue weighted by molar-refractivity contribution is -0.137. The third-order valence-corrected chi connectivity index (χ3v) is 2.62. The molecule has 0 fully saturated rings. The molecular formula is C12H21N3O5. The van der Waals surface area contributed by atoms with Gasteiger partial charge in [-0.05, 0) is 20.3 Å². The number of likely N-dealkylation sites (N-methyl/N-ethyl adjacent to an activating group) is 1. The number of carbonyl (C=O) groups excluding carboxylic acids is 3. The van der Waals surface area contributed by atoms with Crippen LogP contribution in [0.3, 0.4) is 0 Å². The maximum atomic E-state index is 11.7. The smallest absolute Gasteiger partial charge is 0.322 e. The Morgan fingerprint density at radius 1 is 1.20 bits per heavy atom. The van der Waals surface area contributed by atoms with Gasteiger partial charge in [0, 0.05) is 26.4 Å². The molecule has 0 rings (SSSR count). The molecule has 0 saturated carbocycles. The van der Waals surface area contributed by atoms with Gasteiger partial charge in [-0.25, -0.2) is 4.79 Å². The summed E-state index contributed by atoms with van der Waals surface area (Å²) in [5.41, 5.74) is 0. The minimum absolute atomic E-state index is 0.0586. The van der Waals surface area contributed by atoms with Crippen LogP contribution in [0.25, 0.3) is 0 Å². The fourth-order valence-electron chi connectivity index (χ4n) is 1.37. The van der Waals surface area contributed by atoms with E-state index in [1.54, 1.807) is 14.0 Å². The highest BCUT2D eigenvalue weighted by atomic mass is 16.4. The van der Waals surface area contributed by atoms with Crippen LogP contribution < -0.4 is 10.6 Å². The van der Waals surface area contributed by atoms with Crippen molar-refractivity contribution >= 4 is 23.8 Å². The van der Waals surface area contributed by atoms with Crippen molar-refractivity contribution in [1.82, 2.24) is 15.5 Å². The highest BCUT2D eigenvalue weighted by molar-refractivity contribution is 5.96. The molecule has 0 saturated heterocycles. The Labute approximate surface area is 117 Å². The lowest BCUT2D eigenvalue weighted by atomic mass is 10.2. The number of rotatable bonds is 7. The standard InChI is InChI=1S/C12H21N3O5/c1-4-15(3)11(19)8(2)13-12(20)14-9(16)6-5-7-10(17)18/h8H,4-7H2,1-3H3,(H,17,18)(H2,13,14,16,20). The van der Waals surface area contributed by atoms with E-state index in [0.29, 0.717) is 6.54 Å². The Kier molecular flexibility index (Phi) is 7.95. The number of amides is 4. The van der Waals surface area contributed by atoms with E-state index in [1.807, 2.05) is 5.32 Å². The average Bonchev–Trinajstić information content (AvgIpc) is 2.35. The normalized spacial score (nSPS) is 11.3. The first-order valence-corrected chi connectivity index (χ1v) is 6.35. The first-order valence-electron chi connectivity index (χ1n) is 6.35. The van der Waals surface area contributed by atoms with E-state index in [-0.39, 0.29) is 25.2 Å². The van der Waals surface area contributed by atoms with E-state index in [9.17, 15) is 19.2 Å². The van der Waals surface area contributed by atoms with Crippen molar-refractivity contribution < 1.29 is 24.3 Å². The highest BCUT2D eigenvalue weighted by Gasteiger charge is 2.19. The molecule has 8 heteroatoms. The lowest BCUT2D eigenvalue weighted by Crippen LogP contribution is -2.50. The maximum absolute atomic E-state index is 11.7. The quantitative estimate of drug-likeness (QED) is 0.606. The van der Waals surface area contributed by atoms with Crippen LogP contribution in [-0.2, 0) is 14.4 Å². The molecule has 0 aliphatic heterocycles. The van der Waals surface area contributed by atoms with Gasteiger partial charge in [-0.15, -0.1) is 0 Å². The predicted molar refractivity (Wildman–Crippen MR) is 70.9 cm³/mol. The van der Waals surface area contributed by atoms with Gasteiger partial charge in [0.15, 0.2) is 0 Å². The second-order valence-corrected chi connectivity index (χ2v) is 4.34. The lowest BCUT2D eigenvalue weighted by Gasteiger charge is -2.20. The van der Waals surface area contributed by atoms with Gasteiger partial charge >= 0.3 is 12.0 Å². The Balaban J connectivity index is 4.06. The van der Waals surface area contributed by atoms with E-state index < -0.39 is 23.9 Å². The molecule has 1 unspecified atom stereocenters. The van der Waals surface area contributed by atoms with Crippen LogP contribution in [0.5, 0.6) is 0 Å². The van der Waals surface area contributed by atoms with E-state index in [0.717, 1.165) is 0 Å². The Bertz CT molecular complexity index is 383. The van der Waals surface area contributed by atoms with Crippen molar-refractivity contribution in [3.63, 3.8) is 0 Å². The van der Waals surface area contributed by atoms with Crippen LogP contribution >= 0.6 is 0 Å². The van der Waals surface area contributed by atoms with Gasteiger partial charge < -0.3 is 15.3 Å². The van der Waals surface area contributed by atoms with Gasteiger partial charge in [0.1, 0.15) is 6.04 Å². The molecule has 0 aromatic rings. The largest absolute Gasteiger partial charge is 0.481 e. The van der Waals surface area contributed by atoms with Gasteiger partial charge in [-0.1, -0.05) is 0 Å². The van der Waals surface area contributed by atoms with Gasteiger partial charge in [0.05, 0.1) is 0 Å². The summed E-state index contributed by atoms with van der Waals surface area (Å²) in [6.07, 6.45) is -0.0381. The van der Waals surface area contributed by atoms with E-state index in [4.69, 9.17) is 5.11 Å². The van der Waals surface area contributed by atoms with Gasteiger partial charge in [-0.2, -0.15) is 0 Å². The molecule has 3 N–H and O–H groups in total. The van der Waals surface area contributed by atoms with Crippen molar-refractivity contribution in [2.75, 3.05) is 13.6 Å². The van der Waals surface area contributed by atoms with Gasteiger partial charge in [0.2, 0.25) is 11.8 Å². The zero-order chi connectivity index (χ0) is 15.7. The average molecular weight is 287 g/mol. The second-order valence-electron chi connectivity index (χ2n) is 4.34. The van der Waals surface area contributed by atoms with E-state index >= 15 is 0 Å². The van der Waals surface area contributed by atoms with Crippen LogP contribution in [0, 0.1) is 0 Å². The van der Waals surface area contributed by atoms with E-state index in [1.165, 1.54) is 11.8 Å². The number of hydrogen-bond acceptors (Lipinski definition) is 4. The molecule has 114 valence electrons. The molecule has 0 bridgehead atoms. The first-order chi connectivity index (χ1) is 9.27. The number of nitrogens with zero attached hydrogens (tertiary/aromatic N) is 1. The summed E-state index contributed by atoms with van der Waals surface area (Å²) in [6, 6.07) is -1.51. The summed E-state index contributed by atoms with van der Waals surface area (Å²) >= 11 is 0. The van der Waals surface area contributed by atoms with Crippen molar-refractivity contribution in [1.29, 1.82) is 0 Å². The molecule has 4 amide bonds. The predicted octanol–water partition coefficient (Wildman–Crippen LogP) is -0.0661. The topological polar surface area (TPSA) is 116 Å². The summed E-state index contributed by atoms with van der Waals surface area (Å²) in [7, 11) is 1.61. The Morgan fingerprint density at radius 2 is 1.80 bits per heavy atom. The van der Waals surface area contributed by atoms with Crippen molar-refractivity contribution in [3.05, 3.63) is 0 Å². The van der Waals surface area contributed by atoms with Crippen LogP contribution in [-0.4, -0.2) is 53.5 Å². The molecule has 1 atom stereocenters. The van der Waals surface area contributed by atoms with Gasteiger partial charge in [0.25, 0.3) is 0 Å². The molecule has 0 heterocycles. The second kappa shape index (κ2) is 8.89. The van der Waals surface area contributed by atoms with Crippen LogP contribution in [0.15, 0.2) is 0 Å². The molecule has 0 aromatic heterocycles. The number of nitrogens with one attached hydrogen (secondary N) is 2. The zero-order valence-corrected chi connectivity index (χ0v) is 11.9. The molecule has 0 spiro atoms. The van der Waals surface area contributed by atoms with Crippen LogP contribution in [0.4, 0.5) is 4.79 Å². The number of aliphatic carboxylic acids is 1. The number of hydrogen-bond donors (Lipinski definition) is 3. The molecule has 0 aliphatic rings. The summed E-state index contributed by atoms with van der Waals surface area (Å²) in [5.74, 6) is -1.84. The Hall–Kier alpha value is -2.12. The number of urea groups is 1. The Morgan fingerprint density at radius 3 is 2.30 bits per heavy atom. The first kappa shape index (κ1) is 17.9. The number of carbonyl (C=O) groups is 4. The summed E-state index contributed by atoms with van der Waals surface area (Å²) < 4.78 is 0. The van der Waals surface area contributed by atoms with Gasteiger partial charge in [-0.3, -0.25) is 19.7 Å². The summed E-state index contributed by atoms with van der Waals surface area (Å²) in [5, 5.41) is 12.8. The van der Waals surface area contributed by atoms with Crippen molar-refractivity contribution in [2.45, 2.75) is 39.2 Å². The minimum Gasteiger partial charge on any atom is -0.481 e. The highest BCUT2D eigenvalue weighted by Crippen LogP contribution is 1.95. The number of carboxylic acid groups (broad SMARTS) is 1. The maximum Gasteiger partial charge on any atom is 0.322 e. The molecule has 20 heavy (non-hydrogen) atoms. The monoisotopic (exact) mass is 287 g/mol. The summed E-state index contributed by atoms with van der Waals surface area (Å²) in [6.45, 7) is 3.83. The number of carboxylic acids is 1. The molecule has 8 nitrogen and oxygen atoms in total. The third-order valence-electron chi connectivity index (χ3n) is 2.62. The third kappa shape index (κ3) is 7.34. The van der Waals surface area contributed by atoms with E-state index in [2.05, 4.69) is 5.32 Å². The fourth-order valence-corrected chi connectivity index (χ4v) is 1.37. The molecule has 0 aromatic carbocycles. The molecular weight excluding hydrogens is 266 g/mol. The zero-order valence-electron chi connectivity index (χ0n) is 11.9. The number of imide groups is 1. The molecule has 0 aliphatic carbocycles. The van der Waals surface area contributed by atoms with Crippen LogP contribution in [0.2, 0.25) is 0 Å². The van der Waals surface area contributed by atoms with Crippen LogP contribution in [0.1, 0.15) is 33.1 Å².